The molecule has 1 aromatic carbocycles. The lowest BCUT2D eigenvalue weighted by molar-refractivity contribution is -0.143. The zero-order chi connectivity index (χ0) is 14.0. The van der Waals surface area contributed by atoms with Crippen LogP contribution >= 0.6 is 15.9 Å². The number of carbonyl (C=O) groups is 2. The Balaban J connectivity index is 2.19. The van der Waals surface area contributed by atoms with Gasteiger partial charge in [0.1, 0.15) is 5.82 Å². The van der Waals surface area contributed by atoms with Crippen LogP contribution in [-0.2, 0) is 4.79 Å². The SMILES string of the molecule is O=C(O)C1CCCN(C(=O)c2cccc(F)c2Br)C1. The first kappa shape index (κ1) is 14.0. The molecule has 1 fully saturated rings. The number of rotatable bonds is 2. The highest BCUT2D eigenvalue weighted by atomic mass is 79.9. The fourth-order valence-electron chi connectivity index (χ4n) is 2.20. The molecule has 1 aliphatic heterocycles. The molecular weight excluding hydrogens is 317 g/mol. The largest absolute Gasteiger partial charge is 0.481 e. The summed E-state index contributed by atoms with van der Waals surface area (Å²) in [6.45, 7) is 0.683. The van der Waals surface area contributed by atoms with E-state index < -0.39 is 17.7 Å². The second kappa shape index (κ2) is 5.69. The molecule has 0 radical (unpaired) electrons. The molecule has 102 valence electrons. The molecule has 4 nitrogen and oxygen atoms in total. The van der Waals surface area contributed by atoms with Crippen molar-refractivity contribution in [2.24, 2.45) is 5.92 Å². The summed E-state index contributed by atoms with van der Waals surface area (Å²) < 4.78 is 13.5. The molecule has 1 aromatic rings. The summed E-state index contributed by atoms with van der Waals surface area (Å²) in [6, 6.07) is 4.25. The maximum Gasteiger partial charge on any atom is 0.308 e. The maximum atomic E-state index is 13.4. The van der Waals surface area contributed by atoms with Gasteiger partial charge in [0.15, 0.2) is 0 Å². The van der Waals surface area contributed by atoms with E-state index in [1.165, 1.54) is 23.1 Å². The van der Waals surface area contributed by atoms with Crippen LogP contribution in [-0.4, -0.2) is 35.0 Å². The molecule has 2 rings (SSSR count). The van der Waals surface area contributed by atoms with E-state index in [-0.39, 0.29) is 22.5 Å². The van der Waals surface area contributed by atoms with Crippen LogP contribution in [0.15, 0.2) is 22.7 Å². The molecule has 1 atom stereocenters. The average Bonchev–Trinajstić information content (AvgIpc) is 2.41. The number of aliphatic carboxylic acids is 1. The van der Waals surface area contributed by atoms with Crippen LogP contribution in [0.5, 0.6) is 0 Å². The Kier molecular flexibility index (Phi) is 4.19. The summed E-state index contributed by atoms with van der Waals surface area (Å²) in [6.07, 6.45) is 1.22. The van der Waals surface area contributed by atoms with Gasteiger partial charge in [0, 0.05) is 13.1 Å². The fourth-order valence-corrected chi connectivity index (χ4v) is 2.64. The number of piperidine rings is 1. The van der Waals surface area contributed by atoms with Gasteiger partial charge in [-0.25, -0.2) is 4.39 Å². The first-order valence-corrected chi connectivity index (χ1v) is 6.76. The third-order valence-electron chi connectivity index (χ3n) is 3.24. The fraction of sp³-hybridized carbons (Fsp3) is 0.385. The summed E-state index contributed by atoms with van der Waals surface area (Å²) >= 11 is 3.05. The normalized spacial score (nSPS) is 19.3. The number of carboxylic acids is 1. The average molecular weight is 330 g/mol. The molecular formula is C13H13BrFNO3. The zero-order valence-corrected chi connectivity index (χ0v) is 11.7. The van der Waals surface area contributed by atoms with E-state index in [0.29, 0.717) is 19.4 Å². The number of hydrogen-bond donors (Lipinski definition) is 1. The first-order chi connectivity index (χ1) is 9.00. The maximum absolute atomic E-state index is 13.4. The number of carbonyl (C=O) groups excluding carboxylic acids is 1. The Labute approximate surface area is 118 Å². The van der Waals surface area contributed by atoms with Crippen LogP contribution in [0.25, 0.3) is 0 Å². The molecule has 0 aliphatic carbocycles. The number of nitrogens with zero attached hydrogens (tertiary/aromatic N) is 1. The van der Waals surface area contributed by atoms with Gasteiger partial charge < -0.3 is 10.0 Å². The Morgan fingerprint density at radius 3 is 2.84 bits per heavy atom. The quantitative estimate of drug-likeness (QED) is 0.907. The van der Waals surface area contributed by atoms with Crippen LogP contribution in [0.1, 0.15) is 23.2 Å². The Morgan fingerprint density at radius 1 is 1.42 bits per heavy atom. The van der Waals surface area contributed by atoms with Crippen molar-refractivity contribution in [3.63, 3.8) is 0 Å². The molecule has 0 spiro atoms. The number of likely N-dealkylation sites (tertiary alicyclic amines) is 1. The van der Waals surface area contributed by atoms with Crippen LogP contribution in [0.2, 0.25) is 0 Å². The van der Waals surface area contributed by atoms with E-state index in [0.717, 1.165) is 0 Å². The van der Waals surface area contributed by atoms with E-state index >= 15 is 0 Å². The highest BCUT2D eigenvalue weighted by molar-refractivity contribution is 9.10. The minimum Gasteiger partial charge on any atom is -0.481 e. The minimum absolute atomic E-state index is 0.123. The second-order valence-corrected chi connectivity index (χ2v) is 5.32. The topological polar surface area (TPSA) is 57.6 Å². The van der Waals surface area contributed by atoms with E-state index in [1.54, 1.807) is 0 Å². The molecule has 1 amide bonds. The predicted octanol–water partition coefficient (Wildman–Crippen LogP) is 2.53. The molecule has 6 heteroatoms. The van der Waals surface area contributed by atoms with Crippen molar-refractivity contribution < 1.29 is 19.1 Å². The summed E-state index contributed by atoms with van der Waals surface area (Å²) in [5, 5.41) is 9.00. The number of carboxylic acid groups (broad SMARTS) is 1. The van der Waals surface area contributed by atoms with Crippen molar-refractivity contribution in [3.8, 4) is 0 Å². The van der Waals surface area contributed by atoms with Crippen molar-refractivity contribution in [3.05, 3.63) is 34.1 Å². The monoisotopic (exact) mass is 329 g/mol. The van der Waals surface area contributed by atoms with Gasteiger partial charge in [-0.15, -0.1) is 0 Å². The van der Waals surface area contributed by atoms with Crippen molar-refractivity contribution in [2.75, 3.05) is 13.1 Å². The van der Waals surface area contributed by atoms with Gasteiger partial charge in [0.25, 0.3) is 5.91 Å². The summed E-state index contributed by atoms with van der Waals surface area (Å²) in [7, 11) is 0. The third-order valence-corrected chi connectivity index (χ3v) is 4.05. The highest BCUT2D eigenvalue weighted by Crippen LogP contribution is 2.24. The zero-order valence-electron chi connectivity index (χ0n) is 10.1. The smallest absolute Gasteiger partial charge is 0.308 e. The van der Waals surface area contributed by atoms with Gasteiger partial charge in [0.05, 0.1) is 16.0 Å². The summed E-state index contributed by atoms with van der Waals surface area (Å²) in [5.41, 5.74) is 0.228. The minimum atomic E-state index is -0.893. The van der Waals surface area contributed by atoms with Gasteiger partial charge in [-0.3, -0.25) is 9.59 Å². The lowest BCUT2D eigenvalue weighted by atomic mass is 9.97. The lowest BCUT2D eigenvalue weighted by Gasteiger charge is -2.31. The van der Waals surface area contributed by atoms with Gasteiger partial charge in [0.2, 0.25) is 0 Å². The van der Waals surface area contributed by atoms with Crippen molar-refractivity contribution in [2.45, 2.75) is 12.8 Å². The molecule has 0 aromatic heterocycles. The molecule has 1 heterocycles. The second-order valence-electron chi connectivity index (χ2n) is 4.53. The predicted molar refractivity (Wildman–Crippen MR) is 70.4 cm³/mol. The highest BCUT2D eigenvalue weighted by Gasteiger charge is 2.29. The van der Waals surface area contributed by atoms with Crippen LogP contribution in [0, 0.1) is 11.7 Å². The first-order valence-electron chi connectivity index (χ1n) is 5.97. The van der Waals surface area contributed by atoms with Crippen molar-refractivity contribution in [1.82, 2.24) is 4.90 Å². The van der Waals surface area contributed by atoms with E-state index in [1.807, 2.05) is 0 Å². The molecule has 1 unspecified atom stereocenters. The Morgan fingerprint density at radius 2 is 2.16 bits per heavy atom. The van der Waals surface area contributed by atoms with Gasteiger partial charge in [-0.05, 0) is 40.9 Å². The van der Waals surface area contributed by atoms with Gasteiger partial charge >= 0.3 is 5.97 Å². The number of hydrogen-bond acceptors (Lipinski definition) is 2. The van der Waals surface area contributed by atoms with Crippen molar-refractivity contribution >= 4 is 27.8 Å². The molecule has 0 bridgehead atoms. The van der Waals surface area contributed by atoms with Crippen LogP contribution in [0.3, 0.4) is 0 Å². The van der Waals surface area contributed by atoms with Crippen LogP contribution in [0.4, 0.5) is 4.39 Å². The molecule has 1 aliphatic rings. The van der Waals surface area contributed by atoms with Crippen molar-refractivity contribution in [1.29, 1.82) is 0 Å². The molecule has 1 saturated heterocycles. The standard InChI is InChI=1S/C13H13BrFNO3/c14-11-9(4-1-5-10(11)15)12(17)16-6-2-3-8(7-16)13(18)19/h1,4-5,8H,2-3,6-7H2,(H,18,19). The Hall–Kier alpha value is -1.43. The van der Waals surface area contributed by atoms with Crippen LogP contribution < -0.4 is 0 Å². The van der Waals surface area contributed by atoms with E-state index in [4.69, 9.17) is 5.11 Å². The molecule has 1 N–H and O–H groups in total. The number of halogens is 2. The summed E-state index contributed by atoms with van der Waals surface area (Å²) in [5.74, 6) is -2.27. The Bertz CT molecular complexity index is 521. The summed E-state index contributed by atoms with van der Waals surface area (Å²) in [4.78, 5) is 24.7. The van der Waals surface area contributed by atoms with Gasteiger partial charge in [-0.2, -0.15) is 0 Å². The molecule has 0 saturated carbocycles. The lowest BCUT2D eigenvalue weighted by Crippen LogP contribution is -2.42. The number of benzene rings is 1. The van der Waals surface area contributed by atoms with Gasteiger partial charge in [-0.1, -0.05) is 6.07 Å². The van der Waals surface area contributed by atoms with E-state index in [9.17, 15) is 14.0 Å². The third kappa shape index (κ3) is 2.94. The molecule has 19 heavy (non-hydrogen) atoms. The van der Waals surface area contributed by atoms with E-state index in [2.05, 4.69) is 15.9 Å². The number of amides is 1.